The first kappa shape index (κ1) is 12.7. The van der Waals surface area contributed by atoms with Gasteiger partial charge in [-0.25, -0.2) is 8.78 Å². The molecule has 0 fully saturated rings. The monoisotopic (exact) mass is 248 g/mol. The van der Waals surface area contributed by atoms with Gasteiger partial charge >= 0.3 is 0 Å². The van der Waals surface area contributed by atoms with Crippen molar-refractivity contribution in [2.24, 2.45) is 0 Å². The Bertz CT molecular complexity index is 508. The van der Waals surface area contributed by atoms with Gasteiger partial charge in [0.05, 0.1) is 6.61 Å². The molecule has 0 radical (unpaired) electrons. The second-order valence-electron chi connectivity index (χ2n) is 4.23. The lowest BCUT2D eigenvalue weighted by molar-refractivity contribution is 0.261. The van der Waals surface area contributed by atoms with Crippen LogP contribution in [-0.4, -0.2) is 11.7 Å². The summed E-state index contributed by atoms with van der Waals surface area (Å²) < 4.78 is 26.4. The maximum absolute atomic E-state index is 13.6. The lowest BCUT2D eigenvalue weighted by Gasteiger charge is -2.15. The van der Waals surface area contributed by atoms with Gasteiger partial charge in [-0.3, -0.25) is 0 Å². The van der Waals surface area contributed by atoms with E-state index in [9.17, 15) is 13.9 Å². The van der Waals surface area contributed by atoms with E-state index in [2.05, 4.69) is 0 Å². The molecular formula is C15H14F2O. The summed E-state index contributed by atoms with van der Waals surface area (Å²) in [5, 5.41) is 9.38. The Labute approximate surface area is 105 Å². The molecule has 1 N–H and O–H groups in total. The summed E-state index contributed by atoms with van der Waals surface area (Å²) >= 11 is 0. The Hall–Kier alpha value is -1.74. The van der Waals surface area contributed by atoms with Crippen LogP contribution in [0.1, 0.15) is 17.0 Å². The van der Waals surface area contributed by atoms with Gasteiger partial charge in [-0.05, 0) is 35.7 Å². The van der Waals surface area contributed by atoms with Crippen LogP contribution in [0.25, 0.3) is 0 Å². The molecule has 1 atom stereocenters. The molecule has 1 unspecified atom stereocenters. The molecule has 94 valence electrons. The average molecular weight is 248 g/mol. The minimum Gasteiger partial charge on any atom is -0.396 e. The standard InChI is InChI=1S/C15H14F2O/c16-13-7-5-11(6-8-13)9-12(10-18)14-3-1-2-4-15(14)17/h1-8,12,18H,9-10H2. The molecule has 0 aliphatic rings. The molecule has 0 saturated carbocycles. The zero-order valence-corrected chi connectivity index (χ0v) is 9.81. The smallest absolute Gasteiger partial charge is 0.126 e. The molecule has 0 aliphatic heterocycles. The average Bonchev–Trinajstić information content (AvgIpc) is 2.39. The second kappa shape index (κ2) is 5.74. The molecule has 0 bridgehead atoms. The van der Waals surface area contributed by atoms with E-state index in [0.29, 0.717) is 12.0 Å². The topological polar surface area (TPSA) is 20.2 Å². The van der Waals surface area contributed by atoms with Crippen molar-refractivity contribution < 1.29 is 13.9 Å². The van der Waals surface area contributed by atoms with Gasteiger partial charge in [-0.15, -0.1) is 0 Å². The molecule has 0 heterocycles. The first-order valence-electron chi connectivity index (χ1n) is 5.80. The molecule has 2 aromatic carbocycles. The van der Waals surface area contributed by atoms with Gasteiger partial charge in [0, 0.05) is 5.92 Å². The highest BCUT2D eigenvalue weighted by Crippen LogP contribution is 2.23. The molecule has 18 heavy (non-hydrogen) atoms. The van der Waals surface area contributed by atoms with Crippen LogP contribution < -0.4 is 0 Å². The predicted molar refractivity (Wildman–Crippen MR) is 66.3 cm³/mol. The number of aliphatic hydroxyl groups is 1. The van der Waals surface area contributed by atoms with Gasteiger partial charge in [0.2, 0.25) is 0 Å². The third kappa shape index (κ3) is 2.93. The minimum atomic E-state index is -0.321. The van der Waals surface area contributed by atoms with E-state index < -0.39 is 0 Å². The number of aliphatic hydroxyl groups excluding tert-OH is 1. The summed E-state index contributed by atoms with van der Waals surface area (Å²) in [7, 11) is 0. The van der Waals surface area contributed by atoms with Crippen molar-refractivity contribution in [3.05, 3.63) is 71.3 Å². The van der Waals surface area contributed by atoms with Crippen molar-refractivity contribution in [2.45, 2.75) is 12.3 Å². The van der Waals surface area contributed by atoms with Crippen molar-refractivity contribution in [2.75, 3.05) is 6.61 Å². The Balaban J connectivity index is 2.20. The summed E-state index contributed by atoms with van der Waals surface area (Å²) in [5.74, 6) is -0.930. The number of hydrogen-bond donors (Lipinski definition) is 1. The largest absolute Gasteiger partial charge is 0.396 e. The van der Waals surface area contributed by atoms with Crippen LogP contribution in [-0.2, 0) is 6.42 Å². The molecule has 0 aromatic heterocycles. The van der Waals surface area contributed by atoms with E-state index in [1.165, 1.54) is 18.2 Å². The highest BCUT2D eigenvalue weighted by molar-refractivity contribution is 5.26. The maximum Gasteiger partial charge on any atom is 0.126 e. The maximum atomic E-state index is 13.6. The molecule has 0 aliphatic carbocycles. The van der Waals surface area contributed by atoms with E-state index in [4.69, 9.17) is 0 Å². The van der Waals surface area contributed by atoms with Crippen molar-refractivity contribution in [1.29, 1.82) is 0 Å². The normalized spacial score (nSPS) is 12.4. The third-order valence-electron chi connectivity index (χ3n) is 2.96. The zero-order chi connectivity index (χ0) is 13.0. The fourth-order valence-corrected chi connectivity index (χ4v) is 1.98. The predicted octanol–water partition coefficient (Wildman–Crippen LogP) is 3.28. The number of hydrogen-bond acceptors (Lipinski definition) is 1. The van der Waals surface area contributed by atoms with Gasteiger partial charge in [-0.1, -0.05) is 30.3 Å². The van der Waals surface area contributed by atoms with Gasteiger partial charge in [0.15, 0.2) is 0 Å². The van der Waals surface area contributed by atoms with E-state index in [0.717, 1.165) is 5.56 Å². The fraction of sp³-hybridized carbons (Fsp3) is 0.200. The van der Waals surface area contributed by atoms with Crippen LogP contribution in [0.4, 0.5) is 8.78 Å². The molecule has 3 heteroatoms. The van der Waals surface area contributed by atoms with Gasteiger partial charge in [0.25, 0.3) is 0 Å². The van der Waals surface area contributed by atoms with E-state index in [-0.39, 0.29) is 24.2 Å². The molecule has 2 rings (SSSR count). The summed E-state index contributed by atoms with van der Waals surface area (Å²) in [4.78, 5) is 0. The Kier molecular flexibility index (Phi) is 4.05. The highest BCUT2D eigenvalue weighted by Gasteiger charge is 2.15. The van der Waals surface area contributed by atoms with Crippen LogP contribution in [0.2, 0.25) is 0 Å². The second-order valence-corrected chi connectivity index (χ2v) is 4.23. The summed E-state index contributed by atoms with van der Waals surface area (Å²) in [6, 6.07) is 12.4. The minimum absolute atomic E-state index is 0.141. The molecule has 2 aromatic rings. The SMILES string of the molecule is OCC(Cc1ccc(F)cc1)c1ccccc1F. The molecular weight excluding hydrogens is 234 g/mol. The summed E-state index contributed by atoms with van der Waals surface area (Å²) in [5.41, 5.74) is 1.36. The molecule has 0 saturated heterocycles. The fourth-order valence-electron chi connectivity index (χ4n) is 1.98. The van der Waals surface area contributed by atoms with Crippen molar-refractivity contribution in [3.63, 3.8) is 0 Å². The first-order valence-corrected chi connectivity index (χ1v) is 5.80. The number of halogens is 2. The Morgan fingerprint density at radius 1 is 0.944 bits per heavy atom. The van der Waals surface area contributed by atoms with Crippen LogP contribution in [0.3, 0.4) is 0 Å². The summed E-state index contributed by atoms with van der Waals surface area (Å²) in [6.45, 7) is -0.141. The van der Waals surface area contributed by atoms with Crippen molar-refractivity contribution in [3.8, 4) is 0 Å². The van der Waals surface area contributed by atoms with Crippen LogP contribution in [0, 0.1) is 11.6 Å². The summed E-state index contributed by atoms with van der Waals surface area (Å²) in [6.07, 6.45) is 0.484. The van der Waals surface area contributed by atoms with Crippen LogP contribution in [0.15, 0.2) is 48.5 Å². The molecule has 1 nitrogen and oxygen atoms in total. The number of rotatable bonds is 4. The van der Waals surface area contributed by atoms with Gasteiger partial charge in [-0.2, -0.15) is 0 Å². The van der Waals surface area contributed by atoms with Crippen LogP contribution >= 0.6 is 0 Å². The zero-order valence-electron chi connectivity index (χ0n) is 9.81. The highest BCUT2D eigenvalue weighted by atomic mass is 19.1. The lowest BCUT2D eigenvalue weighted by atomic mass is 9.92. The van der Waals surface area contributed by atoms with Gasteiger partial charge in [0.1, 0.15) is 11.6 Å². The van der Waals surface area contributed by atoms with Crippen molar-refractivity contribution >= 4 is 0 Å². The quantitative estimate of drug-likeness (QED) is 0.880. The first-order chi connectivity index (χ1) is 8.70. The number of benzene rings is 2. The van der Waals surface area contributed by atoms with E-state index in [1.54, 1.807) is 30.3 Å². The molecule has 0 amide bonds. The Morgan fingerprint density at radius 2 is 1.61 bits per heavy atom. The van der Waals surface area contributed by atoms with Gasteiger partial charge < -0.3 is 5.11 Å². The van der Waals surface area contributed by atoms with Crippen molar-refractivity contribution in [1.82, 2.24) is 0 Å². The lowest BCUT2D eigenvalue weighted by Crippen LogP contribution is -2.09. The Morgan fingerprint density at radius 3 is 2.22 bits per heavy atom. The molecule has 0 spiro atoms. The van der Waals surface area contributed by atoms with E-state index >= 15 is 0 Å². The third-order valence-corrected chi connectivity index (χ3v) is 2.96. The van der Waals surface area contributed by atoms with Crippen LogP contribution in [0.5, 0.6) is 0 Å². The van der Waals surface area contributed by atoms with E-state index in [1.807, 2.05) is 0 Å².